The summed E-state index contributed by atoms with van der Waals surface area (Å²) in [5, 5.41) is 0.0202. The van der Waals surface area contributed by atoms with Crippen molar-refractivity contribution in [3.05, 3.63) is 89.5 Å². The molecular weight excluding hydrogens is 381 g/mol. The lowest BCUT2D eigenvalue weighted by atomic mass is 10.2. The van der Waals surface area contributed by atoms with Crippen LogP contribution in [-0.4, -0.2) is 18.4 Å². The average Bonchev–Trinajstić information content (AvgIpc) is 3.14. The van der Waals surface area contributed by atoms with Crippen molar-refractivity contribution in [1.82, 2.24) is 9.71 Å². The maximum absolute atomic E-state index is 12.9. The Morgan fingerprint density at radius 2 is 1.68 bits per heavy atom. The smallest absolute Gasteiger partial charge is 0.258 e. The van der Waals surface area contributed by atoms with Crippen molar-refractivity contribution in [2.75, 3.05) is 0 Å². The largest absolute Gasteiger partial charge is 0.457 e. The zero-order valence-corrected chi connectivity index (χ0v) is 15.5. The number of sulfonamides is 1. The third-order valence-electron chi connectivity index (χ3n) is 4.19. The highest BCUT2D eigenvalue weighted by molar-refractivity contribution is 8.05. The van der Waals surface area contributed by atoms with E-state index in [2.05, 4.69) is 14.7 Å². The number of aliphatic imine (C=N–C) groups is 1. The van der Waals surface area contributed by atoms with Crippen molar-refractivity contribution in [2.24, 2.45) is 4.99 Å². The van der Waals surface area contributed by atoms with E-state index in [1.165, 1.54) is 24.3 Å². The van der Waals surface area contributed by atoms with Gasteiger partial charge in [-0.15, -0.1) is 0 Å². The molecular formula is C20H16FN3O3S. The molecule has 1 aromatic heterocycles. The highest BCUT2D eigenvalue weighted by Gasteiger charge is 2.27. The summed E-state index contributed by atoms with van der Waals surface area (Å²) >= 11 is 0. The van der Waals surface area contributed by atoms with Gasteiger partial charge in [0.1, 0.15) is 17.3 Å². The number of hydrogen-bond donors (Lipinski definition) is 1. The topological polar surface area (TPSA) is 80.7 Å². The van der Waals surface area contributed by atoms with Crippen molar-refractivity contribution in [3.8, 4) is 11.5 Å². The Morgan fingerprint density at radius 3 is 2.39 bits per heavy atom. The van der Waals surface area contributed by atoms with Crippen molar-refractivity contribution >= 4 is 15.1 Å². The molecule has 28 heavy (non-hydrogen) atoms. The third-order valence-corrected chi connectivity index (χ3v) is 5.57. The second-order valence-corrected chi connectivity index (χ2v) is 7.83. The molecule has 8 heteroatoms. The van der Waals surface area contributed by atoms with E-state index >= 15 is 0 Å². The molecule has 0 unspecified atom stereocenters. The maximum Gasteiger partial charge on any atom is 0.258 e. The first-order valence-electron chi connectivity index (χ1n) is 8.52. The van der Waals surface area contributed by atoms with Crippen LogP contribution in [0.4, 0.5) is 4.39 Å². The SMILES string of the molecule is O=S(=O)(NCc1ccc(Oc2ccc(F)cc2)cc1)C1=NCc2ncccc21. The zero-order valence-electron chi connectivity index (χ0n) is 14.7. The number of nitrogens with zero attached hydrogens (tertiary/aromatic N) is 2. The van der Waals surface area contributed by atoms with E-state index < -0.39 is 10.0 Å². The molecule has 0 aliphatic carbocycles. The van der Waals surface area contributed by atoms with Crippen LogP contribution < -0.4 is 9.46 Å². The quantitative estimate of drug-likeness (QED) is 0.716. The Kier molecular flexibility index (Phi) is 4.89. The van der Waals surface area contributed by atoms with E-state index in [9.17, 15) is 12.8 Å². The van der Waals surface area contributed by atoms with Crippen LogP contribution in [0.2, 0.25) is 0 Å². The molecule has 2 heterocycles. The summed E-state index contributed by atoms with van der Waals surface area (Å²) in [6.07, 6.45) is 1.62. The fraction of sp³-hybridized carbons (Fsp3) is 0.100. The van der Waals surface area contributed by atoms with Crippen molar-refractivity contribution < 1.29 is 17.5 Å². The summed E-state index contributed by atoms with van der Waals surface area (Å²) in [5.74, 6) is 0.750. The van der Waals surface area contributed by atoms with Gasteiger partial charge in [-0.25, -0.2) is 17.5 Å². The Morgan fingerprint density at radius 1 is 1.00 bits per heavy atom. The summed E-state index contributed by atoms with van der Waals surface area (Å²) in [6.45, 7) is 0.385. The number of benzene rings is 2. The van der Waals surface area contributed by atoms with Crippen LogP contribution in [0.3, 0.4) is 0 Å². The molecule has 0 amide bonds. The summed E-state index contributed by atoms with van der Waals surface area (Å²) in [5.41, 5.74) is 1.96. The molecule has 4 rings (SSSR count). The fourth-order valence-corrected chi connectivity index (χ4v) is 3.98. The Balaban J connectivity index is 1.40. The summed E-state index contributed by atoms with van der Waals surface area (Å²) in [4.78, 5) is 8.26. The van der Waals surface area contributed by atoms with Crippen LogP contribution in [-0.2, 0) is 23.1 Å². The van der Waals surface area contributed by atoms with Crippen LogP contribution in [0.1, 0.15) is 16.8 Å². The molecule has 1 aliphatic heterocycles. The molecule has 1 N–H and O–H groups in total. The number of pyridine rings is 1. The second kappa shape index (κ2) is 7.49. The van der Waals surface area contributed by atoms with Gasteiger partial charge in [0.15, 0.2) is 5.04 Å². The number of aromatic nitrogens is 1. The van der Waals surface area contributed by atoms with Gasteiger partial charge >= 0.3 is 0 Å². The molecule has 0 saturated carbocycles. The van der Waals surface area contributed by atoms with Crippen molar-refractivity contribution in [1.29, 1.82) is 0 Å². The predicted octanol–water partition coefficient (Wildman–Crippen LogP) is 3.39. The zero-order chi connectivity index (χ0) is 19.6. The third kappa shape index (κ3) is 3.92. The normalized spacial score (nSPS) is 13.1. The first-order valence-corrected chi connectivity index (χ1v) is 10.0. The lowest BCUT2D eigenvalue weighted by Gasteiger charge is -2.09. The van der Waals surface area contributed by atoms with E-state index in [0.717, 1.165) is 5.56 Å². The molecule has 2 aromatic carbocycles. The van der Waals surface area contributed by atoms with E-state index in [1.54, 1.807) is 42.6 Å². The molecule has 0 saturated heterocycles. The van der Waals surface area contributed by atoms with Gasteiger partial charge in [0, 0.05) is 18.3 Å². The maximum atomic E-state index is 12.9. The number of halogens is 1. The molecule has 142 valence electrons. The van der Waals surface area contributed by atoms with Gasteiger partial charge in [0.05, 0.1) is 12.2 Å². The Hall–Kier alpha value is -3.10. The van der Waals surface area contributed by atoms with E-state index in [4.69, 9.17) is 4.74 Å². The van der Waals surface area contributed by atoms with Crippen LogP contribution in [0, 0.1) is 5.82 Å². The van der Waals surface area contributed by atoms with Crippen LogP contribution in [0.5, 0.6) is 11.5 Å². The van der Waals surface area contributed by atoms with Crippen LogP contribution in [0.25, 0.3) is 0 Å². The van der Waals surface area contributed by atoms with Crippen molar-refractivity contribution in [2.45, 2.75) is 13.1 Å². The van der Waals surface area contributed by atoms with Gasteiger partial charge in [0.25, 0.3) is 10.0 Å². The first-order chi connectivity index (χ1) is 13.5. The minimum absolute atomic E-state index is 0.0202. The van der Waals surface area contributed by atoms with Gasteiger partial charge in [0.2, 0.25) is 0 Å². The van der Waals surface area contributed by atoms with Gasteiger partial charge < -0.3 is 4.74 Å². The van der Waals surface area contributed by atoms with Gasteiger partial charge in [-0.05, 0) is 54.1 Å². The lowest BCUT2D eigenvalue weighted by Crippen LogP contribution is -2.30. The minimum atomic E-state index is -3.74. The number of rotatable bonds is 5. The molecule has 0 atom stereocenters. The van der Waals surface area contributed by atoms with Crippen LogP contribution in [0.15, 0.2) is 71.9 Å². The van der Waals surface area contributed by atoms with Gasteiger partial charge in [-0.2, -0.15) is 0 Å². The number of ether oxygens (including phenoxy) is 1. The van der Waals surface area contributed by atoms with Gasteiger partial charge in [-0.3, -0.25) is 9.98 Å². The Labute approximate surface area is 161 Å². The summed E-state index contributed by atoms with van der Waals surface area (Å²) in [7, 11) is -3.74. The van der Waals surface area contributed by atoms with E-state index in [-0.39, 0.29) is 24.0 Å². The van der Waals surface area contributed by atoms with E-state index in [0.29, 0.717) is 22.8 Å². The molecule has 3 aromatic rings. The molecule has 6 nitrogen and oxygen atoms in total. The summed E-state index contributed by atoms with van der Waals surface area (Å²) in [6, 6.07) is 16.1. The highest BCUT2D eigenvalue weighted by atomic mass is 32.2. The standard InChI is InChI=1S/C20H16FN3O3S/c21-15-5-9-17(10-6-15)27-16-7-3-14(4-8-16)12-24-28(25,26)20-18-2-1-11-22-19(18)13-23-20/h1-11,24H,12-13H2. The first kappa shape index (κ1) is 18.3. The fourth-order valence-electron chi connectivity index (χ4n) is 2.78. The monoisotopic (exact) mass is 397 g/mol. The molecule has 0 spiro atoms. The molecule has 1 aliphatic rings. The number of fused-ring (bicyclic) bond motifs is 1. The molecule has 0 fully saturated rings. The highest BCUT2D eigenvalue weighted by Crippen LogP contribution is 2.22. The van der Waals surface area contributed by atoms with Crippen LogP contribution >= 0.6 is 0 Å². The Bertz CT molecular complexity index is 1130. The minimum Gasteiger partial charge on any atom is -0.457 e. The predicted molar refractivity (Wildman–Crippen MR) is 103 cm³/mol. The van der Waals surface area contributed by atoms with E-state index in [1.807, 2.05) is 0 Å². The number of hydrogen-bond acceptors (Lipinski definition) is 5. The second-order valence-electron chi connectivity index (χ2n) is 6.14. The average molecular weight is 397 g/mol. The molecule has 0 radical (unpaired) electrons. The summed E-state index contributed by atoms with van der Waals surface area (Å²) < 4.78 is 46.3. The van der Waals surface area contributed by atoms with Gasteiger partial charge in [-0.1, -0.05) is 12.1 Å². The molecule has 0 bridgehead atoms. The lowest BCUT2D eigenvalue weighted by molar-refractivity contribution is 0.480. The number of nitrogens with one attached hydrogen (secondary N) is 1. The van der Waals surface area contributed by atoms with Crippen molar-refractivity contribution in [3.63, 3.8) is 0 Å².